The van der Waals surface area contributed by atoms with Crippen molar-refractivity contribution in [2.75, 3.05) is 13.1 Å². The summed E-state index contributed by atoms with van der Waals surface area (Å²) < 4.78 is 6.53. The Labute approximate surface area is 147 Å². The molecule has 6 nitrogen and oxygen atoms in total. The van der Waals surface area contributed by atoms with E-state index in [0.717, 1.165) is 17.3 Å². The van der Waals surface area contributed by atoms with E-state index in [1.807, 2.05) is 0 Å². The van der Waals surface area contributed by atoms with Gasteiger partial charge in [0.1, 0.15) is 6.10 Å². The van der Waals surface area contributed by atoms with Crippen molar-refractivity contribution in [3.63, 3.8) is 0 Å². The second-order valence-corrected chi connectivity index (χ2v) is 6.56. The first-order chi connectivity index (χ1) is 11.1. The molecule has 1 fully saturated rings. The molecule has 23 heavy (non-hydrogen) atoms. The Morgan fingerprint density at radius 3 is 2.83 bits per heavy atom. The van der Waals surface area contributed by atoms with E-state index < -0.39 is 0 Å². The molecule has 1 atom stereocenters. The number of pyridine rings is 1. The van der Waals surface area contributed by atoms with Gasteiger partial charge < -0.3 is 9.64 Å². The number of carbonyl (C=O) groups excluding carboxylic acids is 1. The zero-order chi connectivity index (χ0) is 16.2. The number of piperidine rings is 1. The van der Waals surface area contributed by atoms with E-state index in [2.05, 4.69) is 30.9 Å². The highest BCUT2D eigenvalue weighted by atomic mass is 79.9. The van der Waals surface area contributed by atoms with E-state index in [4.69, 9.17) is 16.3 Å². The maximum atomic E-state index is 12.6. The van der Waals surface area contributed by atoms with Gasteiger partial charge in [-0.05, 0) is 34.8 Å². The van der Waals surface area contributed by atoms with Gasteiger partial charge in [0.25, 0.3) is 5.91 Å². The molecule has 0 spiro atoms. The van der Waals surface area contributed by atoms with Crippen LogP contribution in [0.3, 0.4) is 0 Å². The van der Waals surface area contributed by atoms with Gasteiger partial charge in [-0.15, -0.1) is 0 Å². The summed E-state index contributed by atoms with van der Waals surface area (Å²) in [7, 11) is 0. The maximum Gasteiger partial charge on any atom is 0.316 e. The standard InChI is InChI=1S/C15H14BrClN4O2/c16-11-4-10(5-18-6-11)14(22)21-3-1-2-13(9-21)23-15-19-7-12(17)8-20-15/h4-8,13H,1-3,9H2/t13-/m0/s1. The van der Waals surface area contributed by atoms with E-state index in [0.29, 0.717) is 23.7 Å². The van der Waals surface area contributed by atoms with E-state index >= 15 is 0 Å². The van der Waals surface area contributed by atoms with Gasteiger partial charge in [-0.3, -0.25) is 9.78 Å². The summed E-state index contributed by atoms with van der Waals surface area (Å²) in [4.78, 5) is 26.4. The molecule has 0 aliphatic carbocycles. The summed E-state index contributed by atoms with van der Waals surface area (Å²) in [6, 6.07) is 2.04. The zero-order valence-electron chi connectivity index (χ0n) is 12.2. The first kappa shape index (κ1) is 16.1. The lowest BCUT2D eigenvalue weighted by molar-refractivity contribution is 0.0515. The van der Waals surface area contributed by atoms with Gasteiger partial charge in [-0.25, -0.2) is 9.97 Å². The van der Waals surface area contributed by atoms with Crippen molar-refractivity contribution in [1.29, 1.82) is 0 Å². The predicted octanol–water partition coefficient (Wildman–Crippen LogP) is 2.97. The van der Waals surface area contributed by atoms with Gasteiger partial charge in [-0.2, -0.15) is 0 Å². The molecule has 0 radical (unpaired) electrons. The minimum atomic E-state index is -0.131. The Morgan fingerprint density at radius 2 is 2.09 bits per heavy atom. The number of likely N-dealkylation sites (tertiary alicyclic amines) is 1. The number of nitrogens with zero attached hydrogens (tertiary/aromatic N) is 4. The lowest BCUT2D eigenvalue weighted by Crippen LogP contribution is -2.44. The van der Waals surface area contributed by atoms with E-state index in [-0.39, 0.29) is 18.0 Å². The van der Waals surface area contributed by atoms with Gasteiger partial charge in [0.15, 0.2) is 0 Å². The topological polar surface area (TPSA) is 68.2 Å². The van der Waals surface area contributed by atoms with Crippen molar-refractivity contribution in [3.05, 3.63) is 45.9 Å². The van der Waals surface area contributed by atoms with Crippen LogP contribution in [0.1, 0.15) is 23.2 Å². The number of amides is 1. The average Bonchev–Trinajstić information content (AvgIpc) is 2.56. The third-order valence-electron chi connectivity index (χ3n) is 3.49. The SMILES string of the molecule is O=C(c1cncc(Br)c1)N1CCC[C@H](Oc2ncc(Cl)cn2)C1. The summed E-state index contributed by atoms with van der Waals surface area (Å²) in [6.07, 6.45) is 7.79. The van der Waals surface area contributed by atoms with Crippen LogP contribution in [0.2, 0.25) is 5.02 Å². The first-order valence-corrected chi connectivity index (χ1v) is 8.33. The van der Waals surface area contributed by atoms with Crippen molar-refractivity contribution in [2.45, 2.75) is 18.9 Å². The van der Waals surface area contributed by atoms with Crippen LogP contribution in [0.4, 0.5) is 0 Å². The number of ether oxygens (including phenoxy) is 1. The lowest BCUT2D eigenvalue weighted by Gasteiger charge is -2.32. The van der Waals surface area contributed by atoms with Crippen molar-refractivity contribution < 1.29 is 9.53 Å². The Balaban J connectivity index is 1.66. The molecule has 3 rings (SSSR count). The monoisotopic (exact) mass is 396 g/mol. The number of carbonyl (C=O) groups is 1. The van der Waals surface area contributed by atoms with Crippen LogP contribution in [-0.2, 0) is 0 Å². The molecule has 0 aromatic carbocycles. The zero-order valence-corrected chi connectivity index (χ0v) is 14.5. The van der Waals surface area contributed by atoms with Crippen molar-refractivity contribution in [3.8, 4) is 6.01 Å². The highest BCUT2D eigenvalue weighted by Gasteiger charge is 2.26. The van der Waals surface area contributed by atoms with Crippen LogP contribution in [0.25, 0.3) is 0 Å². The fraction of sp³-hybridized carbons (Fsp3) is 0.333. The Hall–Kier alpha value is -1.73. The van der Waals surface area contributed by atoms with Crippen molar-refractivity contribution in [2.24, 2.45) is 0 Å². The molecule has 3 heterocycles. The van der Waals surface area contributed by atoms with E-state index in [1.165, 1.54) is 12.4 Å². The molecule has 0 N–H and O–H groups in total. The van der Waals surface area contributed by atoms with Crippen LogP contribution >= 0.6 is 27.5 Å². The Morgan fingerprint density at radius 1 is 1.30 bits per heavy atom. The fourth-order valence-electron chi connectivity index (χ4n) is 2.44. The van der Waals surface area contributed by atoms with Gasteiger partial charge >= 0.3 is 6.01 Å². The predicted molar refractivity (Wildman–Crippen MR) is 88.5 cm³/mol. The molecular weight excluding hydrogens is 384 g/mol. The number of halogens is 2. The number of hydrogen-bond acceptors (Lipinski definition) is 5. The highest BCUT2D eigenvalue weighted by Crippen LogP contribution is 2.19. The highest BCUT2D eigenvalue weighted by molar-refractivity contribution is 9.10. The smallest absolute Gasteiger partial charge is 0.316 e. The normalized spacial score (nSPS) is 17.8. The molecule has 0 bridgehead atoms. The second-order valence-electron chi connectivity index (χ2n) is 5.21. The largest absolute Gasteiger partial charge is 0.458 e. The molecule has 0 unspecified atom stereocenters. The van der Waals surface area contributed by atoms with Crippen LogP contribution in [0.5, 0.6) is 6.01 Å². The van der Waals surface area contributed by atoms with Gasteiger partial charge in [0.2, 0.25) is 0 Å². The summed E-state index contributed by atoms with van der Waals surface area (Å²) >= 11 is 9.09. The molecule has 0 saturated carbocycles. The molecule has 1 aliphatic heterocycles. The van der Waals surface area contributed by atoms with Crippen molar-refractivity contribution >= 4 is 33.4 Å². The van der Waals surface area contributed by atoms with E-state index in [9.17, 15) is 4.79 Å². The van der Waals surface area contributed by atoms with Gasteiger partial charge in [-0.1, -0.05) is 11.6 Å². The lowest BCUT2D eigenvalue weighted by atomic mass is 10.1. The van der Waals surface area contributed by atoms with Crippen LogP contribution in [-0.4, -0.2) is 45.0 Å². The van der Waals surface area contributed by atoms with Crippen molar-refractivity contribution in [1.82, 2.24) is 19.9 Å². The van der Waals surface area contributed by atoms with Crippen LogP contribution in [0.15, 0.2) is 35.3 Å². The third-order valence-corrected chi connectivity index (χ3v) is 4.11. The van der Waals surface area contributed by atoms with E-state index in [1.54, 1.807) is 23.4 Å². The number of hydrogen-bond donors (Lipinski definition) is 0. The molecule has 1 saturated heterocycles. The molecule has 2 aromatic heterocycles. The minimum absolute atomic E-state index is 0.0517. The summed E-state index contributed by atoms with van der Waals surface area (Å²) in [6.45, 7) is 1.20. The summed E-state index contributed by atoms with van der Waals surface area (Å²) in [5.74, 6) is -0.0517. The minimum Gasteiger partial charge on any atom is -0.458 e. The second kappa shape index (κ2) is 7.23. The summed E-state index contributed by atoms with van der Waals surface area (Å²) in [5, 5.41) is 0.458. The molecule has 8 heteroatoms. The Bertz CT molecular complexity index is 698. The van der Waals surface area contributed by atoms with Gasteiger partial charge in [0, 0.05) is 23.4 Å². The Kier molecular flexibility index (Phi) is 5.07. The third kappa shape index (κ3) is 4.17. The van der Waals surface area contributed by atoms with Crippen LogP contribution in [0, 0.1) is 0 Å². The summed E-state index contributed by atoms with van der Waals surface area (Å²) in [5.41, 5.74) is 0.558. The van der Waals surface area contributed by atoms with Crippen LogP contribution < -0.4 is 4.74 Å². The maximum absolute atomic E-state index is 12.6. The number of aromatic nitrogens is 3. The average molecular weight is 398 g/mol. The quantitative estimate of drug-likeness (QED) is 0.796. The molecule has 1 amide bonds. The van der Waals surface area contributed by atoms with Gasteiger partial charge in [0.05, 0.1) is 29.5 Å². The molecule has 1 aliphatic rings. The molecular formula is C15H14BrClN4O2. The first-order valence-electron chi connectivity index (χ1n) is 7.16. The molecule has 120 valence electrons. The number of rotatable bonds is 3. The fourth-order valence-corrected chi connectivity index (χ4v) is 2.90. The molecule has 2 aromatic rings.